The van der Waals surface area contributed by atoms with Crippen LogP contribution in [0.15, 0.2) is 0 Å². The number of aromatic nitrogens is 3. The molecule has 86 valence electrons. The van der Waals surface area contributed by atoms with Gasteiger partial charge >= 0.3 is 0 Å². The summed E-state index contributed by atoms with van der Waals surface area (Å²) in [6, 6.07) is -0.313. The first-order valence-electron chi connectivity index (χ1n) is 4.64. The lowest BCUT2D eigenvalue weighted by molar-refractivity contribution is 0.133. The smallest absolute Gasteiger partial charge is 0.281 e. The van der Waals surface area contributed by atoms with Crippen LogP contribution in [0.1, 0.15) is 37.2 Å². The lowest BCUT2D eigenvalue weighted by atomic mass is 10.2. The highest BCUT2D eigenvalue weighted by molar-refractivity contribution is 5.11. The first-order chi connectivity index (χ1) is 7.11. The van der Waals surface area contributed by atoms with E-state index in [0.29, 0.717) is 6.42 Å². The average Bonchev–Trinajstić information content (AvgIpc) is 2.61. The van der Waals surface area contributed by atoms with Crippen LogP contribution in [0.5, 0.6) is 0 Å². The van der Waals surface area contributed by atoms with Crippen molar-refractivity contribution in [1.82, 2.24) is 15.0 Å². The highest BCUT2D eigenvalue weighted by Gasteiger charge is 2.23. The molecule has 0 aliphatic rings. The molecule has 3 N–H and O–H groups in total. The van der Waals surface area contributed by atoms with Gasteiger partial charge in [-0.1, -0.05) is 5.21 Å². The molecule has 0 amide bonds. The molecule has 0 saturated carbocycles. The molecule has 0 aliphatic carbocycles. The molecule has 0 fully saturated rings. The third kappa shape index (κ3) is 2.48. The van der Waals surface area contributed by atoms with Crippen LogP contribution in [0.4, 0.5) is 8.78 Å². The van der Waals surface area contributed by atoms with Gasteiger partial charge in [-0.05, 0) is 13.3 Å². The lowest BCUT2D eigenvalue weighted by Crippen LogP contribution is -2.13. The summed E-state index contributed by atoms with van der Waals surface area (Å²) in [7, 11) is 0. The Morgan fingerprint density at radius 1 is 1.53 bits per heavy atom. The summed E-state index contributed by atoms with van der Waals surface area (Å²) < 4.78 is 26.5. The van der Waals surface area contributed by atoms with Gasteiger partial charge in [-0.25, -0.2) is 13.5 Å². The quantitative estimate of drug-likeness (QED) is 0.762. The molecular formula is C8H14F2N4O. The maximum absolute atomic E-state index is 12.7. The van der Waals surface area contributed by atoms with Gasteiger partial charge in [0.1, 0.15) is 11.4 Å². The Bertz CT molecular complexity index is 316. The van der Waals surface area contributed by atoms with Crippen LogP contribution >= 0.6 is 0 Å². The standard InChI is InChI=1S/C8H14F2N4O/c1-5(2-3-15)14-7(8(9)10)6(4-11)12-13-14/h5,8,15H,2-4,11H2,1H3. The molecule has 0 radical (unpaired) electrons. The minimum Gasteiger partial charge on any atom is -0.396 e. The van der Waals surface area contributed by atoms with Gasteiger partial charge in [0.25, 0.3) is 6.43 Å². The molecule has 0 spiro atoms. The second-order valence-corrected chi connectivity index (χ2v) is 3.23. The fourth-order valence-corrected chi connectivity index (χ4v) is 1.34. The molecule has 1 rings (SSSR count). The van der Waals surface area contributed by atoms with E-state index in [9.17, 15) is 8.78 Å². The molecule has 15 heavy (non-hydrogen) atoms. The van der Waals surface area contributed by atoms with E-state index in [-0.39, 0.29) is 30.6 Å². The summed E-state index contributed by atoms with van der Waals surface area (Å²) in [4.78, 5) is 0. The first kappa shape index (κ1) is 12.0. The van der Waals surface area contributed by atoms with E-state index in [1.807, 2.05) is 0 Å². The van der Waals surface area contributed by atoms with E-state index < -0.39 is 6.43 Å². The van der Waals surface area contributed by atoms with Crippen LogP contribution in [0, 0.1) is 0 Å². The van der Waals surface area contributed by atoms with Gasteiger partial charge in [-0.2, -0.15) is 0 Å². The lowest BCUT2D eigenvalue weighted by Gasteiger charge is -2.13. The molecule has 1 aromatic heterocycles. The van der Waals surface area contributed by atoms with E-state index in [1.54, 1.807) is 6.92 Å². The summed E-state index contributed by atoms with van der Waals surface area (Å²) in [5.74, 6) is 0. The molecular weight excluding hydrogens is 206 g/mol. The topological polar surface area (TPSA) is 77.0 Å². The molecule has 0 aliphatic heterocycles. The van der Waals surface area contributed by atoms with Gasteiger partial charge in [0.15, 0.2) is 0 Å². The van der Waals surface area contributed by atoms with Crippen LogP contribution in [0.2, 0.25) is 0 Å². The fourth-order valence-electron chi connectivity index (χ4n) is 1.34. The molecule has 5 nitrogen and oxygen atoms in total. The summed E-state index contributed by atoms with van der Waals surface area (Å²) in [5.41, 5.74) is 5.13. The van der Waals surface area contributed by atoms with Crippen molar-refractivity contribution in [3.63, 3.8) is 0 Å². The minimum atomic E-state index is -2.65. The van der Waals surface area contributed by atoms with Gasteiger partial charge in [-0.3, -0.25) is 0 Å². The number of hydrogen-bond acceptors (Lipinski definition) is 4. The van der Waals surface area contributed by atoms with Crippen LogP contribution in [-0.4, -0.2) is 26.7 Å². The van der Waals surface area contributed by atoms with Gasteiger partial charge in [-0.15, -0.1) is 5.10 Å². The highest BCUT2D eigenvalue weighted by atomic mass is 19.3. The summed E-state index contributed by atoms with van der Waals surface area (Å²) >= 11 is 0. The Labute approximate surface area is 85.9 Å². The van der Waals surface area contributed by atoms with Crippen molar-refractivity contribution < 1.29 is 13.9 Å². The monoisotopic (exact) mass is 220 g/mol. The average molecular weight is 220 g/mol. The van der Waals surface area contributed by atoms with Crippen molar-refractivity contribution in [2.75, 3.05) is 6.61 Å². The predicted molar refractivity (Wildman–Crippen MR) is 49.3 cm³/mol. The van der Waals surface area contributed by atoms with Crippen molar-refractivity contribution in [3.05, 3.63) is 11.4 Å². The third-order valence-corrected chi connectivity index (χ3v) is 2.17. The van der Waals surface area contributed by atoms with E-state index in [0.717, 1.165) is 4.68 Å². The molecule has 0 bridgehead atoms. The first-order valence-corrected chi connectivity index (χ1v) is 4.64. The van der Waals surface area contributed by atoms with Crippen LogP contribution in [-0.2, 0) is 6.54 Å². The van der Waals surface area contributed by atoms with Crippen molar-refractivity contribution >= 4 is 0 Å². The Morgan fingerprint density at radius 3 is 2.67 bits per heavy atom. The molecule has 1 aromatic rings. The number of halogens is 2. The van der Waals surface area contributed by atoms with E-state index >= 15 is 0 Å². The van der Waals surface area contributed by atoms with Crippen LogP contribution in [0.3, 0.4) is 0 Å². The highest BCUT2D eigenvalue weighted by Crippen LogP contribution is 2.24. The second-order valence-electron chi connectivity index (χ2n) is 3.23. The number of rotatable bonds is 5. The van der Waals surface area contributed by atoms with Crippen molar-refractivity contribution in [2.45, 2.75) is 32.4 Å². The van der Waals surface area contributed by atoms with Crippen LogP contribution in [0.25, 0.3) is 0 Å². The van der Waals surface area contributed by atoms with Gasteiger partial charge in [0, 0.05) is 13.2 Å². The van der Waals surface area contributed by atoms with Crippen molar-refractivity contribution in [1.29, 1.82) is 0 Å². The SMILES string of the molecule is CC(CCO)n1nnc(CN)c1C(F)F. The van der Waals surface area contributed by atoms with Gasteiger partial charge < -0.3 is 10.8 Å². The molecule has 0 saturated heterocycles. The number of aliphatic hydroxyl groups excluding tert-OH is 1. The number of aliphatic hydroxyl groups is 1. The normalized spacial score (nSPS) is 13.5. The largest absolute Gasteiger partial charge is 0.396 e. The fraction of sp³-hybridized carbons (Fsp3) is 0.750. The predicted octanol–water partition coefficient (Wildman–Crippen LogP) is 0.618. The van der Waals surface area contributed by atoms with E-state index in [2.05, 4.69) is 10.3 Å². The zero-order valence-electron chi connectivity index (χ0n) is 8.40. The maximum atomic E-state index is 12.7. The molecule has 7 heteroatoms. The van der Waals surface area contributed by atoms with Gasteiger partial charge in [0.05, 0.1) is 6.04 Å². The molecule has 1 heterocycles. The summed E-state index contributed by atoms with van der Waals surface area (Å²) in [6.45, 7) is 1.55. The Hall–Kier alpha value is -1.08. The number of nitrogens with two attached hydrogens (primary N) is 1. The summed E-state index contributed by atoms with van der Waals surface area (Å²) in [6.07, 6.45) is -2.30. The van der Waals surface area contributed by atoms with Crippen molar-refractivity contribution in [3.8, 4) is 0 Å². The number of hydrogen-bond donors (Lipinski definition) is 2. The Kier molecular flexibility index (Phi) is 4.10. The Morgan fingerprint density at radius 2 is 2.20 bits per heavy atom. The van der Waals surface area contributed by atoms with Crippen molar-refractivity contribution in [2.24, 2.45) is 5.73 Å². The molecule has 1 unspecified atom stereocenters. The minimum absolute atomic E-state index is 0.0640. The number of alkyl halides is 2. The van der Waals surface area contributed by atoms with E-state index in [4.69, 9.17) is 10.8 Å². The molecule has 1 atom stereocenters. The van der Waals surface area contributed by atoms with Gasteiger partial charge in [0.2, 0.25) is 0 Å². The zero-order chi connectivity index (χ0) is 11.4. The second kappa shape index (κ2) is 5.13. The maximum Gasteiger partial charge on any atom is 0.281 e. The van der Waals surface area contributed by atoms with Crippen LogP contribution < -0.4 is 5.73 Å². The third-order valence-electron chi connectivity index (χ3n) is 2.17. The van der Waals surface area contributed by atoms with E-state index in [1.165, 1.54) is 0 Å². The Balaban J connectivity index is 3.01. The summed E-state index contributed by atoms with van der Waals surface area (Å²) in [5, 5.41) is 15.9. The number of nitrogens with zero attached hydrogens (tertiary/aromatic N) is 3. The zero-order valence-corrected chi connectivity index (χ0v) is 8.40. The molecule has 0 aromatic carbocycles.